The van der Waals surface area contributed by atoms with Gasteiger partial charge < -0.3 is 20.5 Å². The highest BCUT2D eigenvalue weighted by molar-refractivity contribution is 5.92. The zero-order valence-corrected chi connectivity index (χ0v) is 15.6. The quantitative estimate of drug-likeness (QED) is 0.399. The van der Waals surface area contributed by atoms with Crippen LogP contribution >= 0.6 is 0 Å². The van der Waals surface area contributed by atoms with E-state index in [4.69, 9.17) is 15.2 Å². The lowest BCUT2D eigenvalue weighted by Gasteiger charge is -2.13. The summed E-state index contributed by atoms with van der Waals surface area (Å²) in [5.74, 6) is 0.574. The lowest BCUT2D eigenvalue weighted by atomic mass is 10.1. The van der Waals surface area contributed by atoms with Crippen LogP contribution in [0.4, 0.5) is 4.39 Å². The molecule has 0 aromatic heterocycles. The van der Waals surface area contributed by atoms with Crippen molar-refractivity contribution in [1.82, 2.24) is 5.32 Å². The van der Waals surface area contributed by atoms with Crippen LogP contribution in [0.15, 0.2) is 48.5 Å². The molecule has 0 saturated carbocycles. The molecule has 1 atom stereocenters. The maximum Gasteiger partial charge on any atom is 0.245 e. The van der Waals surface area contributed by atoms with Crippen molar-refractivity contribution < 1.29 is 18.7 Å². The molecule has 1 amide bonds. The van der Waals surface area contributed by atoms with Gasteiger partial charge in [-0.15, -0.1) is 0 Å². The molecule has 0 saturated heterocycles. The first kappa shape index (κ1) is 20.5. The van der Waals surface area contributed by atoms with Crippen molar-refractivity contribution in [3.63, 3.8) is 0 Å². The average Bonchev–Trinajstić information content (AvgIpc) is 2.67. The molecule has 0 fully saturated rings. The lowest BCUT2D eigenvalue weighted by Crippen LogP contribution is -2.32. The van der Waals surface area contributed by atoms with Gasteiger partial charge in [-0.3, -0.25) is 4.79 Å². The van der Waals surface area contributed by atoms with Gasteiger partial charge in [-0.1, -0.05) is 31.5 Å². The molecule has 0 spiro atoms. The van der Waals surface area contributed by atoms with Gasteiger partial charge in [0, 0.05) is 6.08 Å². The highest BCUT2D eigenvalue weighted by Crippen LogP contribution is 2.28. The first-order valence-electron chi connectivity index (χ1n) is 8.84. The van der Waals surface area contributed by atoms with Crippen molar-refractivity contribution in [3.8, 4) is 11.5 Å². The molecule has 5 nitrogen and oxygen atoms in total. The Labute approximate surface area is 159 Å². The van der Waals surface area contributed by atoms with E-state index in [0.717, 1.165) is 18.4 Å². The fourth-order valence-corrected chi connectivity index (χ4v) is 2.36. The van der Waals surface area contributed by atoms with E-state index in [2.05, 4.69) is 12.2 Å². The molecule has 2 aromatic carbocycles. The van der Waals surface area contributed by atoms with Crippen LogP contribution in [0.5, 0.6) is 11.5 Å². The molecule has 3 N–H and O–H groups in total. The molecule has 2 rings (SSSR count). The minimum Gasteiger partial charge on any atom is -0.493 e. The Bertz CT molecular complexity index is 775. The second kappa shape index (κ2) is 10.3. The molecule has 0 radical (unpaired) electrons. The second-order valence-electron chi connectivity index (χ2n) is 5.98. The molecule has 0 aliphatic heterocycles. The smallest absolute Gasteiger partial charge is 0.245 e. The van der Waals surface area contributed by atoms with E-state index in [0.29, 0.717) is 23.7 Å². The SMILES string of the molecule is CCCCOc1ccc(/C=C/C(=O)NC(N)c2ccc(F)cc2)cc1OC. The van der Waals surface area contributed by atoms with Crippen molar-refractivity contribution in [2.24, 2.45) is 5.73 Å². The van der Waals surface area contributed by atoms with E-state index >= 15 is 0 Å². The van der Waals surface area contributed by atoms with Crippen LogP contribution in [0.1, 0.15) is 37.1 Å². The van der Waals surface area contributed by atoms with Crippen molar-refractivity contribution in [3.05, 3.63) is 65.5 Å². The summed E-state index contributed by atoms with van der Waals surface area (Å²) < 4.78 is 24.0. The van der Waals surface area contributed by atoms with Crippen LogP contribution in [0.2, 0.25) is 0 Å². The zero-order chi connectivity index (χ0) is 19.6. The summed E-state index contributed by atoms with van der Waals surface area (Å²) in [5, 5.41) is 2.63. The largest absolute Gasteiger partial charge is 0.493 e. The predicted molar refractivity (Wildman–Crippen MR) is 104 cm³/mol. The number of amides is 1. The van der Waals surface area contributed by atoms with E-state index in [9.17, 15) is 9.18 Å². The molecule has 1 unspecified atom stereocenters. The van der Waals surface area contributed by atoms with Gasteiger partial charge in [0.15, 0.2) is 11.5 Å². The number of hydrogen-bond acceptors (Lipinski definition) is 4. The summed E-state index contributed by atoms with van der Waals surface area (Å²) >= 11 is 0. The van der Waals surface area contributed by atoms with Crippen molar-refractivity contribution in [2.45, 2.75) is 25.9 Å². The van der Waals surface area contributed by atoms with Crippen LogP contribution in [0.3, 0.4) is 0 Å². The minimum absolute atomic E-state index is 0.353. The summed E-state index contributed by atoms with van der Waals surface area (Å²) in [6.45, 7) is 2.73. The Morgan fingerprint density at radius 2 is 1.96 bits per heavy atom. The standard InChI is InChI=1S/C21H25FN2O3/c1-3-4-13-27-18-11-5-15(14-19(18)26-2)6-12-20(25)24-21(23)16-7-9-17(22)10-8-16/h5-12,14,21H,3-4,13,23H2,1-2H3,(H,24,25)/b12-6+. The third-order valence-corrected chi connectivity index (χ3v) is 3.90. The summed E-state index contributed by atoms with van der Waals surface area (Å²) in [4.78, 5) is 12.1. The zero-order valence-electron chi connectivity index (χ0n) is 15.6. The summed E-state index contributed by atoms with van der Waals surface area (Å²) in [6.07, 6.45) is 4.35. The number of ether oxygens (including phenoxy) is 2. The van der Waals surface area contributed by atoms with Crippen LogP contribution in [0, 0.1) is 5.82 Å². The number of carbonyl (C=O) groups excluding carboxylic acids is 1. The first-order chi connectivity index (χ1) is 13.0. The maximum absolute atomic E-state index is 12.9. The fourth-order valence-electron chi connectivity index (χ4n) is 2.36. The lowest BCUT2D eigenvalue weighted by molar-refractivity contribution is -0.117. The minimum atomic E-state index is -0.716. The second-order valence-corrected chi connectivity index (χ2v) is 5.98. The van der Waals surface area contributed by atoms with Crippen LogP contribution in [0.25, 0.3) is 6.08 Å². The van der Waals surface area contributed by atoms with Crippen LogP contribution in [-0.4, -0.2) is 19.6 Å². The van der Waals surface area contributed by atoms with E-state index in [1.165, 1.54) is 30.3 Å². The molecule has 6 heteroatoms. The maximum atomic E-state index is 12.9. The number of carbonyl (C=O) groups is 1. The molecule has 0 heterocycles. The van der Waals surface area contributed by atoms with E-state index in [1.54, 1.807) is 19.3 Å². The van der Waals surface area contributed by atoms with Gasteiger partial charge in [0.25, 0.3) is 0 Å². The van der Waals surface area contributed by atoms with Gasteiger partial charge >= 0.3 is 0 Å². The normalized spacial score (nSPS) is 12.0. The van der Waals surface area contributed by atoms with Gasteiger partial charge in [-0.25, -0.2) is 4.39 Å². The van der Waals surface area contributed by atoms with Crippen molar-refractivity contribution in [1.29, 1.82) is 0 Å². The highest BCUT2D eigenvalue weighted by Gasteiger charge is 2.08. The Balaban J connectivity index is 1.97. The Hall–Kier alpha value is -2.86. The Morgan fingerprint density at radius 3 is 2.63 bits per heavy atom. The van der Waals surface area contributed by atoms with E-state index in [1.807, 2.05) is 12.1 Å². The van der Waals surface area contributed by atoms with Gasteiger partial charge in [0.05, 0.1) is 13.7 Å². The van der Waals surface area contributed by atoms with E-state index < -0.39 is 6.17 Å². The molecule has 144 valence electrons. The number of rotatable bonds is 9. The predicted octanol–water partition coefficient (Wildman–Crippen LogP) is 3.80. The molecule has 0 aliphatic rings. The third-order valence-electron chi connectivity index (χ3n) is 3.90. The monoisotopic (exact) mass is 372 g/mol. The number of methoxy groups -OCH3 is 1. The Morgan fingerprint density at radius 1 is 1.22 bits per heavy atom. The van der Waals surface area contributed by atoms with Gasteiger partial charge in [0.2, 0.25) is 5.91 Å². The number of unbranched alkanes of at least 4 members (excludes halogenated alkanes) is 1. The number of hydrogen-bond donors (Lipinski definition) is 2. The first-order valence-corrected chi connectivity index (χ1v) is 8.84. The fraction of sp³-hybridized carbons (Fsp3) is 0.286. The van der Waals surface area contributed by atoms with Gasteiger partial charge in [0.1, 0.15) is 12.0 Å². The van der Waals surface area contributed by atoms with Crippen molar-refractivity contribution >= 4 is 12.0 Å². The van der Waals surface area contributed by atoms with Crippen LogP contribution < -0.4 is 20.5 Å². The number of halogens is 1. The number of nitrogens with one attached hydrogen (secondary N) is 1. The molecule has 2 aromatic rings. The van der Waals surface area contributed by atoms with E-state index in [-0.39, 0.29) is 11.7 Å². The summed E-state index contributed by atoms with van der Waals surface area (Å²) in [5.41, 5.74) is 7.32. The molecule has 0 aliphatic carbocycles. The Kier molecular flexibility index (Phi) is 7.82. The topological polar surface area (TPSA) is 73.6 Å². The molecule has 27 heavy (non-hydrogen) atoms. The van der Waals surface area contributed by atoms with Gasteiger partial charge in [-0.2, -0.15) is 0 Å². The highest BCUT2D eigenvalue weighted by atomic mass is 19.1. The number of nitrogens with two attached hydrogens (primary N) is 1. The van der Waals surface area contributed by atoms with Crippen LogP contribution in [-0.2, 0) is 4.79 Å². The third kappa shape index (κ3) is 6.42. The van der Waals surface area contributed by atoms with Crippen molar-refractivity contribution in [2.75, 3.05) is 13.7 Å². The summed E-state index contributed by atoms with van der Waals surface area (Å²) in [7, 11) is 1.57. The summed E-state index contributed by atoms with van der Waals surface area (Å²) in [6, 6.07) is 11.1. The average molecular weight is 372 g/mol. The molecular formula is C21H25FN2O3. The van der Waals surface area contributed by atoms with Gasteiger partial charge in [-0.05, 0) is 47.9 Å². The number of benzene rings is 2. The molecular weight excluding hydrogens is 347 g/mol. The molecule has 0 bridgehead atoms.